The van der Waals surface area contributed by atoms with Crippen LogP contribution in [0.1, 0.15) is 29.4 Å². The first-order chi connectivity index (χ1) is 9.11. The maximum atomic E-state index is 12.3. The molecule has 1 heterocycles. The van der Waals surface area contributed by atoms with Crippen LogP contribution in [0.4, 0.5) is 0 Å². The smallest absolute Gasteiger partial charge is 0.252 e. The SMILES string of the molecule is Cc1cc(C(=O)NC(C)CCCl)c2ccccc2n1. The van der Waals surface area contributed by atoms with Crippen LogP contribution in [0.3, 0.4) is 0 Å². The number of fused-ring (bicyclic) bond motifs is 1. The number of amides is 1. The van der Waals surface area contributed by atoms with Gasteiger partial charge in [0, 0.05) is 23.0 Å². The van der Waals surface area contributed by atoms with Crippen LogP contribution in [0.15, 0.2) is 30.3 Å². The highest BCUT2D eigenvalue weighted by atomic mass is 35.5. The topological polar surface area (TPSA) is 42.0 Å². The number of nitrogens with zero attached hydrogens (tertiary/aromatic N) is 1. The minimum Gasteiger partial charge on any atom is -0.350 e. The van der Waals surface area contributed by atoms with E-state index in [4.69, 9.17) is 11.6 Å². The van der Waals surface area contributed by atoms with Crippen LogP contribution in [-0.2, 0) is 0 Å². The number of para-hydroxylation sites is 1. The Kier molecular flexibility index (Phi) is 4.38. The molecule has 0 aliphatic rings. The number of carbonyl (C=O) groups excluding carboxylic acids is 1. The highest BCUT2D eigenvalue weighted by molar-refractivity contribution is 6.17. The molecule has 100 valence electrons. The number of hydrogen-bond donors (Lipinski definition) is 1. The molecule has 2 aromatic rings. The van der Waals surface area contributed by atoms with Crippen molar-refractivity contribution in [2.45, 2.75) is 26.3 Å². The van der Waals surface area contributed by atoms with E-state index in [0.29, 0.717) is 11.4 Å². The number of carbonyl (C=O) groups is 1. The van der Waals surface area contributed by atoms with Crippen molar-refractivity contribution in [1.29, 1.82) is 0 Å². The number of rotatable bonds is 4. The average molecular weight is 277 g/mol. The average Bonchev–Trinajstić information content (AvgIpc) is 2.37. The second kappa shape index (κ2) is 6.02. The Labute approximate surface area is 118 Å². The molecule has 1 aromatic carbocycles. The van der Waals surface area contributed by atoms with E-state index in [0.717, 1.165) is 23.0 Å². The van der Waals surface area contributed by atoms with Crippen molar-refractivity contribution in [1.82, 2.24) is 10.3 Å². The van der Waals surface area contributed by atoms with Crippen molar-refractivity contribution < 1.29 is 4.79 Å². The molecule has 0 aliphatic heterocycles. The molecule has 1 aromatic heterocycles. The molecule has 1 atom stereocenters. The van der Waals surface area contributed by atoms with Gasteiger partial charge in [0.15, 0.2) is 0 Å². The van der Waals surface area contributed by atoms with Gasteiger partial charge in [0.2, 0.25) is 0 Å². The van der Waals surface area contributed by atoms with Crippen LogP contribution >= 0.6 is 11.6 Å². The zero-order valence-corrected chi connectivity index (χ0v) is 11.9. The number of aromatic nitrogens is 1. The number of benzene rings is 1. The molecular formula is C15H17ClN2O. The Morgan fingerprint density at radius 2 is 2.16 bits per heavy atom. The monoisotopic (exact) mass is 276 g/mol. The number of nitrogens with one attached hydrogen (secondary N) is 1. The third kappa shape index (κ3) is 3.24. The van der Waals surface area contributed by atoms with Gasteiger partial charge in [-0.25, -0.2) is 0 Å². The summed E-state index contributed by atoms with van der Waals surface area (Å²) in [7, 11) is 0. The Morgan fingerprint density at radius 1 is 1.42 bits per heavy atom. The number of alkyl halides is 1. The Balaban J connectivity index is 2.36. The van der Waals surface area contributed by atoms with Crippen LogP contribution < -0.4 is 5.32 Å². The second-order valence-electron chi connectivity index (χ2n) is 4.68. The summed E-state index contributed by atoms with van der Waals surface area (Å²) in [6, 6.07) is 9.57. The maximum absolute atomic E-state index is 12.3. The maximum Gasteiger partial charge on any atom is 0.252 e. The van der Waals surface area contributed by atoms with Crippen molar-refractivity contribution >= 4 is 28.4 Å². The lowest BCUT2D eigenvalue weighted by molar-refractivity contribution is 0.0941. The predicted octanol–water partition coefficient (Wildman–Crippen LogP) is 3.29. The quantitative estimate of drug-likeness (QED) is 0.871. The molecular weight excluding hydrogens is 260 g/mol. The molecule has 0 radical (unpaired) electrons. The molecule has 0 saturated heterocycles. The first-order valence-corrected chi connectivity index (χ1v) is 6.88. The van der Waals surface area contributed by atoms with E-state index in [1.807, 2.05) is 44.2 Å². The molecule has 1 N–H and O–H groups in total. The van der Waals surface area contributed by atoms with Crippen molar-refractivity contribution in [3.63, 3.8) is 0 Å². The van der Waals surface area contributed by atoms with Crippen LogP contribution in [0.2, 0.25) is 0 Å². The number of pyridine rings is 1. The van der Waals surface area contributed by atoms with Crippen LogP contribution in [0, 0.1) is 6.92 Å². The van der Waals surface area contributed by atoms with Gasteiger partial charge in [0.1, 0.15) is 0 Å². The molecule has 0 saturated carbocycles. The fourth-order valence-electron chi connectivity index (χ4n) is 2.03. The molecule has 0 fully saturated rings. The van der Waals surface area contributed by atoms with Gasteiger partial charge in [-0.1, -0.05) is 18.2 Å². The summed E-state index contributed by atoms with van der Waals surface area (Å²) in [6.45, 7) is 3.85. The highest BCUT2D eigenvalue weighted by Crippen LogP contribution is 2.18. The minimum absolute atomic E-state index is 0.0669. The lowest BCUT2D eigenvalue weighted by Crippen LogP contribution is -2.33. The van der Waals surface area contributed by atoms with E-state index in [1.54, 1.807) is 0 Å². The van der Waals surface area contributed by atoms with Gasteiger partial charge in [0.05, 0.1) is 11.1 Å². The molecule has 1 unspecified atom stereocenters. The number of halogens is 1. The lowest BCUT2D eigenvalue weighted by atomic mass is 10.1. The van der Waals surface area contributed by atoms with Gasteiger partial charge in [0.25, 0.3) is 5.91 Å². The lowest BCUT2D eigenvalue weighted by Gasteiger charge is -2.14. The predicted molar refractivity (Wildman–Crippen MR) is 78.7 cm³/mol. The molecule has 0 bridgehead atoms. The summed E-state index contributed by atoms with van der Waals surface area (Å²) >= 11 is 5.68. The fraction of sp³-hybridized carbons (Fsp3) is 0.333. The molecule has 2 rings (SSSR count). The van der Waals surface area contributed by atoms with Gasteiger partial charge in [-0.05, 0) is 32.4 Å². The Hall–Kier alpha value is -1.61. The highest BCUT2D eigenvalue weighted by Gasteiger charge is 2.13. The van der Waals surface area contributed by atoms with E-state index in [-0.39, 0.29) is 11.9 Å². The number of aryl methyl sites for hydroxylation is 1. The van der Waals surface area contributed by atoms with Crippen LogP contribution in [0.25, 0.3) is 10.9 Å². The first kappa shape index (κ1) is 13.8. The van der Waals surface area contributed by atoms with Crippen molar-refractivity contribution in [2.75, 3.05) is 5.88 Å². The summed E-state index contributed by atoms with van der Waals surface area (Å²) in [6.07, 6.45) is 0.759. The summed E-state index contributed by atoms with van der Waals surface area (Å²) < 4.78 is 0. The van der Waals surface area contributed by atoms with Gasteiger partial charge >= 0.3 is 0 Å². The Bertz CT molecular complexity index is 598. The standard InChI is InChI=1S/C15H17ClN2O/c1-10(7-8-16)18-15(19)13-9-11(2)17-14-6-4-3-5-12(13)14/h3-6,9-10H,7-8H2,1-2H3,(H,18,19). The van der Waals surface area contributed by atoms with Crippen molar-refractivity contribution in [2.24, 2.45) is 0 Å². The van der Waals surface area contributed by atoms with Crippen molar-refractivity contribution in [3.05, 3.63) is 41.6 Å². The molecule has 0 aliphatic carbocycles. The van der Waals surface area contributed by atoms with E-state index in [9.17, 15) is 4.79 Å². The van der Waals surface area contributed by atoms with Gasteiger partial charge in [-0.2, -0.15) is 0 Å². The van der Waals surface area contributed by atoms with E-state index in [2.05, 4.69) is 10.3 Å². The first-order valence-electron chi connectivity index (χ1n) is 6.35. The summed E-state index contributed by atoms with van der Waals surface area (Å²) in [5.41, 5.74) is 2.36. The summed E-state index contributed by atoms with van der Waals surface area (Å²) in [5.74, 6) is 0.469. The van der Waals surface area contributed by atoms with E-state index >= 15 is 0 Å². The number of hydrogen-bond acceptors (Lipinski definition) is 2. The molecule has 1 amide bonds. The molecule has 0 spiro atoms. The fourth-order valence-corrected chi connectivity index (χ4v) is 2.36. The van der Waals surface area contributed by atoms with Gasteiger partial charge in [-0.15, -0.1) is 11.6 Å². The Morgan fingerprint density at radius 3 is 2.89 bits per heavy atom. The summed E-state index contributed by atoms with van der Waals surface area (Å²) in [4.78, 5) is 16.7. The van der Waals surface area contributed by atoms with Gasteiger partial charge in [-0.3, -0.25) is 9.78 Å². The third-order valence-corrected chi connectivity index (χ3v) is 3.23. The summed E-state index contributed by atoms with van der Waals surface area (Å²) in [5, 5.41) is 3.84. The van der Waals surface area contributed by atoms with Crippen LogP contribution in [0.5, 0.6) is 0 Å². The molecule has 3 nitrogen and oxygen atoms in total. The molecule has 19 heavy (non-hydrogen) atoms. The van der Waals surface area contributed by atoms with Gasteiger partial charge < -0.3 is 5.32 Å². The minimum atomic E-state index is -0.0701. The zero-order chi connectivity index (χ0) is 13.8. The van der Waals surface area contributed by atoms with Crippen LogP contribution in [-0.4, -0.2) is 22.8 Å². The zero-order valence-electron chi connectivity index (χ0n) is 11.1. The van der Waals surface area contributed by atoms with Crippen molar-refractivity contribution in [3.8, 4) is 0 Å². The van der Waals surface area contributed by atoms with E-state index < -0.39 is 0 Å². The second-order valence-corrected chi connectivity index (χ2v) is 5.06. The molecule has 4 heteroatoms. The largest absolute Gasteiger partial charge is 0.350 e. The third-order valence-electron chi connectivity index (χ3n) is 3.01. The van der Waals surface area contributed by atoms with E-state index in [1.165, 1.54) is 0 Å². The normalized spacial score (nSPS) is 12.4.